The van der Waals surface area contributed by atoms with Crippen molar-refractivity contribution >= 4 is 5.97 Å². The van der Waals surface area contributed by atoms with E-state index in [0.717, 1.165) is 18.5 Å². The molecule has 1 heterocycles. The van der Waals surface area contributed by atoms with Crippen molar-refractivity contribution in [3.8, 4) is 0 Å². The van der Waals surface area contributed by atoms with Crippen LogP contribution in [-0.2, 0) is 4.74 Å². The van der Waals surface area contributed by atoms with Crippen molar-refractivity contribution in [2.75, 3.05) is 26.7 Å². The van der Waals surface area contributed by atoms with E-state index < -0.39 is 0 Å². The van der Waals surface area contributed by atoms with Crippen molar-refractivity contribution in [2.45, 2.75) is 25.3 Å². The number of likely N-dealkylation sites (tertiary alicyclic amines) is 1. The highest BCUT2D eigenvalue weighted by Gasteiger charge is 2.14. The van der Waals surface area contributed by atoms with Crippen LogP contribution in [0.1, 0.15) is 41.2 Å². The third-order valence-electron chi connectivity index (χ3n) is 3.71. The molecule has 19 heavy (non-hydrogen) atoms. The molecule has 1 unspecified atom stereocenters. The molecule has 0 amide bonds. The first kappa shape index (κ1) is 14.0. The maximum absolute atomic E-state index is 11.3. The number of hydrogen-bond donors (Lipinski definition) is 1. The second-order valence-electron chi connectivity index (χ2n) is 5.06. The lowest BCUT2D eigenvalue weighted by Gasteiger charge is -2.18. The molecule has 4 heteroatoms. The molecular weight excluding hydrogens is 240 g/mol. The number of hydrogen-bond acceptors (Lipinski definition) is 4. The number of rotatable bonds is 5. The summed E-state index contributed by atoms with van der Waals surface area (Å²) in [5.74, 6) is -0.308. The first-order valence-corrected chi connectivity index (χ1v) is 6.87. The van der Waals surface area contributed by atoms with Crippen molar-refractivity contribution in [1.29, 1.82) is 0 Å². The number of ether oxygens (including phenoxy) is 1. The normalized spacial score (nSPS) is 17.4. The van der Waals surface area contributed by atoms with Crippen LogP contribution in [0.4, 0.5) is 0 Å². The summed E-state index contributed by atoms with van der Waals surface area (Å²) in [4.78, 5) is 13.8. The van der Waals surface area contributed by atoms with Crippen LogP contribution in [0.15, 0.2) is 24.3 Å². The molecule has 2 N–H and O–H groups in total. The summed E-state index contributed by atoms with van der Waals surface area (Å²) in [5, 5.41) is 0. The molecule has 1 aliphatic rings. The van der Waals surface area contributed by atoms with E-state index in [0.29, 0.717) is 5.56 Å². The Morgan fingerprint density at radius 3 is 2.53 bits per heavy atom. The second-order valence-corrected chi connectivity index (χ2v) is 5.06. The van der Waals surface area contributed by atoms with Gasteiger partial charge in [-0.15, -0.1) is 0 Å². The second kappa shape index (κ2) is 6.68. The Labute approximate surface area is 114 Å². The lowest BCUT2D eigenvalue weighted by molar-refractivity contribution is 0.0600. The molecule has 0 aromatic heterocycles. The third-order valence-corrected chi connectivity index (χ3v) is 3.71. The predicted octanol–water partition coefficient (Wildman–Crippen LogP) is 1.96. The molecule has 4 nitrogen and oxygen atoms in total. The fraction of sp³-hybridized carbons (Fsp3) is 0.533. The number of nitrogens with two attached hydrogens (primary N) is 1. The molecule has 1 aromatic carbocycles. The maximum atomic E-state index is 11.3. The molecule has 0 radical (unpaired) electrons. The van der Waals surface area contributed by atoms with Gasteiger partial charge in [0.1, 0.15) is 0 Å². The van der Waals surface area contributed by atoms with Gasteiger partial charge < -0.3 is 15.4 Å². The van der Waals surface area contributed by atoms with E-state index in [1.165, 1.54) is 33.0 Å². The van der Waals surface area contributed by atoms with Crippen LogP contribution in [-0.4, -0.2) is 37.6 Å². The van der Waals surface area contributed by atoms with E-state index in [4.69, 9.17) is 5.73 Å². The molecule has 0 spiro atoms. The Morgan fingerprint density at radius 2 is 1.95 bits per heavy atom. The number of nitrogens with zero attached hydrogens (tertiary/aromatic N) is 1. The molecule has 1 aromatic rings. The number of esters is 1. The Hall–Kier alpha value is -1.39. The summed E-state index contributed by atoms with van der Waals surface area (Å²) in [7, 11) is 1.39. The lowest BCUT2D eigenvalue weighted by Crippen LogP contribution is -2.24. The highest BCUT2D eigenvalue weighted by Crippen LogP contribution is 2.17. The molecule has 0 aliphatic carbocycles. The van der Waals surface area contributed by atoms with Gasteiger partial charge in [0.2, 0.25) is 0 Å². The molecule has 2 rings (SSSR count). The van der Waals surface area contributed by atoms with E-state index >= 15 is 0 Å². The zero-order valence-electron chi connectivity index (χ0n) is 11.5. The van der Waals surface area contributed by atoms with E-state index in [1.807, 2.05) is 12.1 Å². The van der Waals surface area contributed by atoms with Gasteiger partial charge in [0, 0.05) is 6.04 Å². The first-order valence-electron chi connectivity index (χ1n) is 6.87. The molecule has 0 saturated carbocycles. The minimum absolute atomic E-state index is 0.0345. The van der Waals surface area contributed by atoms with Crippen LogP contribution in [0.3, 0.4) is 0 Å². The molecular formula is C15H22N2O2. The molecule has 104 valence electrons. The van der Waals surface area contributed by atoms with Crippen LogP contribution in [0.5, 0.6) is 0 Å². The minimum Gasteiger partial charge on any atom is -0.465 e. The molecule has 1 aliphatic heterocycles. The van der Waals surface area contributed by atoms with Crippen molar-refractivity contribution in [3.05, 3.63) is 35.4 Å². The van der Waals surface area contributed by atoms with Crippen LogP contribution >= 0.6 is 0 Å². The minimum atomic E-state index is -0.308. The van der Waals surface area contributed by atoms with Crippen LogP contribution in [0.25, 0.3) is 0 Å². The number of methoxy groups -OCH3 is 1. The molecule has 1 saturated heterocycles. The van der Waals surface area contributed by atoms with Crippen LogP contribution in [0, 0.1) is 0 Å². The van der Waals surface area contributed by atoms with E-state index in [1.54, 1.807) is 12.1 Å². The fourth-order valence-corrected chi connectivity index (χ4v) is 2.48. The van der Waals surface area contributed by atoms with Gasteiger partial charge in [-0.3, -0.25) is 0 Å². The number of carbonyl (C=O) groups is 1. The lowest BCUT2D eigenvalue weighted by atomic mass is 10.0. The van der Waals surface area contributed by atoms with Gasteiger partial charge in [0.15, 0.2) is 0 Å². The predicted molar refractivity (Wildman–Crippen MR) is 75.0 cm³/mol. The maximum Gasteiger partial charge on any atom is 0.337 e. The summed E-state index contributed by atoms with van der Waals surface area (Å²) in [6.07, 6.45) is 3.57. The van der Waals surface area contributed by atoms with Gasteiger partial charge in [-0.1, -0.05) is 12.1 Å². The highest BCUT2D eigenvalue weighted by atomic mass is 16.5. The fourth-order valence-electron chi connectivity index (χ4n) is 2.48. The van der Waals surface area contributed by atoms with Crippen LogP contribution in [0.2, 0.25) is 0 Å². The van der Waals surface area contributed by atoms with Crippen molar-refractivity contribution in [1.82, 2.24) is 4.90 Å². The highest BCUT2D eigenvalue weighted by molar-refractivity contribution is 5.89. The van der Waals surface area contributed by atoms with Gasteiger partial charge in [-0.2, -0.15) is 0 Å². The van der Waals surface area contributed by atoms with Gasteiger partial charge in [0.25, 0.3) is 0 Å². The Bertz CT molecular complexity index is 411. The summed E-state index contributed by atoms with van der Waals surface area (Å²) in [5.41, 5.74) is 7.83. The molecule has 0 bridgehead atoms. The molecule has 1 atom stereocenters. The van der Waals surface area contributed by atoms with E-state index in [-0.39, 0.29) is 12.0 Å². The summed E-state index contributed by atoms with van der Waals surface area (Å²) >= 11 is 0. The van der Waals surface area contributed by atoms with Crippen molar-refractivity contribution < 1.29 is 9.53 Å². The standard InChI is InChI=1S/C15H22N2O2/c1-19-15(18)13-6-4-12(5-7-13)14(16)8-11-17-9-2-3-10-17/h4-7,14H,2-3,8-11,16H2,1H3. The van der Waals surface area contributed by atoms with E-state index in [2.05, 4.69) is 9.64 Å². The number of carbonyl (C=O) groups excluding carboxylic acids is 1. The van der Waals surface area contributed by atoms with Crippen molar-refractivity contribution in [3.63, 3.8) is 0 Å². The van der Waals surface area contributed by atoms with Gasteiger partial charge in [0.05, 0.1) is 12.7 Å². The van der Waals surface area contributed by atoms with Crippen LogP contribution < -0.4 is 5.73 Å². The van der Waals surface area contributed by atoms with Crippen molar-refractivity contribution in [2.24, 2.45) is 5.73 Å². The quantitative estimate of drug-likeness (QED) is 0.824. The average Bonchev–Trinajstić information content (AvgIpc) is 2.97. The zero-order valence-corrected chi connectivity index (χ0v) is 11.5. The largest absolute Gasteiger partial charge is 0.465 e. The summed E-state index contributed by atoms with van der Waals surface area (Å²) in [6.45, 7) is 3.46. The van der Waals surface area contributed by atoms with E-state index in [9.17, 15) is 4.79 Å². The summed E-state index contributed by atoms with van der Waals surface area (Å²) < 4.78 is 4.67. The first-order chi connectivity index (χ1) is 9.20. The van der Waals surface area contributed by atoms with Gasteiger partial charge in [-0.25, -0.2) is 4.79 Å². The SMILES string of the molecule is COC(=O)c1ccc(C(N)CCN2CCCC2)cc1. The average molecular weight is 262 g/mol. The number of benzene rings is 1. The summed E-state index contributed by atoms with van der Waals surface area (Å²) in [6, 6.07) is 7.42. The van der Waals surface area contributed by atoms with Gasteiger partial charge >= 0.3 is 5.97 Å². The third kappa shape index (κ3) is 3.78. The zero-order chi connectivity index (χ0) is 13.7. The smallest absolute Gasteiger partial charge is 0.337 e. The van der Waals surface area contributed by atoms with Gasteiger partial charge in [-0.05, 0) is 56.6 Å². The Morgan fingerprint density at radius 1 is 1.32 bits per heavy atom. The Balaban J connectivity index is 1.87. The monoisotopic (exact) mass is 262 g/mol. The molecule has 1 fully saturated rings. The Kier molecular flexibility index (Phi) is 4.93. The topological polar surface area (TPSA) is 55.6 Å².